The number of hydrogen-bond donors (Lipinski definition) is 1. The fourth-order valence-corrected chi connectivity index (χ4v) is 2.67. The van der Waals surface area contributed by atoms with E-state index in [4.69, 9.17) is 0 Å². The minimum Gasteiger partial charge on any atom is -0.350 e. The third-order valence-corrected chi connectivity index (χ3v) is 4.16. The predicted octanol–water partition coefficient (Wildman–Crippen LogP) is 1.81. The third kappa shape index (κ3) is 4.60. The van der Waals surface area contributed by atoms with Gasteiger partial charge in [-0.25, -0.2) is 5.01 Å². The number of amides is 2. The second-order valence-electron chi connectivity index (χ2n) is 4.88. The van der Waals surface area contributed by atoms with Crippen molar-refractivity contribution in [1.29, 1.82) is 0 Å². The molecule has 1 aliphatic rings. The van der Waals surface area contributed by atoms with Gasteiger partial charge in [0.15, 0.2) is 0 Å². The maximum absolute atomic E-state index is 11.9. The zero-order chi connectivity index (χ0) is 15.2. The van der Waals surface area contributed by atoms with Gasteiger partial charge in [-0.1, -0.05) is 17.7 Å². The maximum Gasteiger partial charge on any atom is 0.267 e. The summed E-state index contributed by atoms with van der Waals surface area (Å²) in [5.74, 6) is 0.567. The zero-order valence-electron chi connectivity index (χ0n) is 12.3. The molecule has 0 saturated heterocycles. The van der Waals surface area contributed by atoms with E-state index in [1.54, 1.807) is 18.8 Å². The number of rotatable bonds is 5. The van der Waals surface area contributed by atoms with Crippen molar-refractivity contribution in [2.75, 3.05) is 19.3 Å². The van der Waals surface area contributed by atoms with Crippen LogP contribution in [0.25, 0.3) is 0 Å². The maximum atomic E-state index is 11.9. The summed E-state index contributed by atoms with van der Waals surface area (Å²) in [7, 11) is 1.57. The Bertz CT molecular complexity index is 555. The summed E-state index contributed by atoms with van der Waals surface area (Å²) in [5.41, 5.74) is 1.67. The normalized spacial score (nSPS) is 14.9. The van der Waals surface area contributed by atoms with E-state index in [0.717, 1.165) is 5.75 Å². The van der Waals surface area contributed by atoms with E-state index in [1.807, 2.05) is 0 Å². The average molecular weight is 305 g/mol. The standard InChI is InChI=1S/C15H19N3O2S/c1-11-3-5-12(6-4-11)21-10-9-16-15(20)13-7-8-14(19)18(2)17-13/h3-6H,7-10H2,1-2H3,(H,16,20). The van der Waals surface area contributed by atoms with Gasteiger partial charge >= 0.3 is 0 Å². The molecule has 1 N–H and O–H groups in total. The number of hydrazone groups is 1. The summed E-state index contributed by atoms with van der Waals surface area (Å²) < 4.78 is 0. The van der Waals surface area contributed by atoms with Gasteiger partial charge in [-0.3, -0.25) is 9.59 Å². The fourth-order valence-electron chi connectivity index (χ4n) is 1.90. The first kappa shape index (κ1) is 15.6. The van der Waals surface area contributed by atoms with Gasteiger partial charge in [0.1, 0.15) is 5.71 Å². The highest BCUT2D eigenvalue weighted by Gasteiger charge is 2.21. The van der Waals surface area contributed by atoms with Crippen LogP contribution in [0.4, 0.5) is 0 Å². The van der Waals surface area contributed by atoms with Crippen molar-refractivity contribution in [3.05, 3.63) is 29.8 Å². The molecule has 0 atom stereocenters. The summed E-state index contributed by atoms with van der Waals surface area (Å²) in [6, 6.07) is 8.30. The minimum absolute atomic E-state index is 0.0542. The number of aryl methyl sites for hydroxylation is 1. The first-order valence-corrected chi connectivity index (χ1v) is 7.86. The van der Waals surface area contributed by atoms with Crippen LogP contribution in [0.2, 0.25) is 0 Å². The van der Waals surface area contributed by atoms with Gasteiger partial charge in [0, 0.05) is 37.1 Å². The smallest absolute Gasteiger partial charge is 0.267 e. The van der Waals surface area contributed by atoms with Gasteiger partial charge in [0.05, 0.1) is 0 Å². The lowest BCUT2D eigenvalue weighted by Crippen LogP contribution is -2.38. The van der Waals surface area contributed by atoms with Crippen molar-refractivity contribution in [2.45, 2.75) is 24.7 Å². The zero-order valence-corrected chi connectivity index (χ0v) is 13.1. The monoisotopic (exact) mass is 305 g/mol. The predicted molar refractivity (Wildman–Crippen MR) is 84.4 cm³/mol. The van der Waals surface area contributed by atoms with Crippen LogP contribution in [0.1, 0.15) is 18.4 Å². The van der Waals surface area contributed by atoms with E-state index in [0.29, 0.717) is 25.1 Å². The second kappa shape index (κ2) is 7.26. The second-order valence-corrected chi connectivity index (χ2v) is 6.05. The highest BCUT2D eigenvalue weighted by Crippen LogP contribution is 2.17. The van der Waals surface area contributed by atoms with Crippen molar-refractivity contribution in [3.63, 3.8) is 0 Å². The van der Waals surface area contributed by atoms with Crippen LogP contribution in [0.5, 0.6) is 0 Å². The van der Waals surface area contributed by atoms with Gasteiger partial charge < -0.3 is 5.32 Å². The summed E-state index contributed by atoms with van der Waals surface area (Å²) in [6.45, 7) is 2.63. The number of carbonyl (C=O) groups excluding carboxylic acids is 2. The molecular weight excluding hydrogens is 286 g/mol. The Balaban J connectivity index is 1.73. The van der Waals surface area contributed by atoms with E-state index < -0.39 is 0 Å². The summed E-state index contributed by atoms with van der Waals surface area (Å²) in [4.78, 5) is 24.4. The van der Waals surface area contributed by atoms with E-state index in [-0.39, 0.29) is 11.8 Å². The van der Waals surface area contributed by atoms with Crippen LogP contribution in [0, 0.1) is 6.92 Å². The summed E-state index contributed by atoms with van der Waals surface area (Å²) >= 11 is 1.70. The SMILES string of the molecule is Cc1ccc(SCCNC(=O)C2=NN(C)C(=O)CC2)cc1. The molecule has 1 heterocycles. The van der Waals surface area contributed by atoms with E-state index in [1.165, 1.54) is 15.5 Å². The molecule has 6 heteroatoms. The van der Waals surface area contributed by atoms with Crippen molar-refractivity contribution < 1.29 is 9.59 Å². The lowest BCUT2D eigenvalue weighted by atomic mass is 10.1. The van der Waals surface area contributed by atoms with Crippen LogP contribution < -0.4 is 5.32 Å². The van der Waals surface area contributed by atoms with Crippen LogP contribution >= 0.6 is 11.8 Å². The summed E-state index contributed by atoms with van der Waals surface area (Å²) in [6.07, 6.45) is 0.765. The Labute approximate surface area is 128 Å². The van der Waals surface area contributed by atoms with E-state index in [9.17, 15) is 9.59 Å². The molecule has 0 radical (unpaired) electrons. The number of nitrogens with one attached hydrogen (secondary N) is 1. The Hall–Kier alpha value is -1.82. The Morgan fingerprint density at radius 1 is 1.33 bits per heavy atom. The Morgan fingerprint density at radius 2 is 2.05 bits per heavy atom. The molecule has 1 aromatic rings. The number of benzene rings is 1. The molecule has 1 aliphatic heterocycles. The topological polar surface area (TPSA) is 61.8 Å². The molecule has 112 valence electrons. The summed E-state index contributed by atoms with van der Waals surface area (Å²) in [5, 5.41) is 8.07. The van der Waals surface area contributed by atoms with E-state index >= 15 is 0 Å². The van der Waals surface area contributed by atoms with Gasteiger partial charge in [-0.15, -0.1) is 11.8 Å². The molecule has 2 rings (SSSR count). The Morgan fingerprint density at radius 3 is 2.71 bits per heavy atom. The third-order valence-electron chi connectivity index (χ3n) is 3.15. The molecule has 0 spiro atoms. The average Bonchev–Trinajstić information content (AvgIpc) is 2.48. The fraction of sp³-hybridized carbons (Fsp3) is 0.400. The van der Waals surface area contributed by atoms with Crippen molar-refractivity contribution >= 4 is 29.3 Å². The number of thioether (sulfide) groups is 1. The minimum atomic E-state index is -0.182. The molecule has 0 bridgehead atoms. The van der Waals surface area contributed by atoms with Crippen molar-refractivity contribution in [3.8, 4) is 0 Å². The molecule has 0 aliphatic carbocycles. The van der Waals surface area contributed by atoms with Gasteiger partial charge in [-0.2, -0.15) is 5.10 Å². The highest BCUT2D eigenvalue weighted by molar-refractivity contribution is 7.99. The molecular formula is C15H19N3O2S. The van der Waals surface area contributed by atoms with Gasteiger partial charge in [-0.05, 0) is 19.1 Å². The van der Waals surface area contributed by atoms with Crippen LogP contribution in [-0.4, -0.2) is 41.9 Å². The van der Waals surface area contributed by atoms with Crippen LogP contribution in [0.3, 0.4) is 0 Å². The van der Waals surface area contributed by atoms with Gasteiger partial charge in [0.2, 0.25) is 5.91 Å². The highest BCUT2D eigenvalue weighted by atomic mass is 32.2. The lowest BCUT2D eigenvalue weighted by molar-refractivity contribution is -0.130. The molecule has 2 amide bonds. The first-order valence-electron chi connectivity index (χ1n) is 6.88. The van der Waals surface area contributed by atoms with Crippen LogP contribution in [0.15, 0.2) is 34.3 Å². The van der Waals surface area contributed by atoms with Crippen LogP contribution in [-0.2, 0) is 9.59 Å². The largest absolute Gasteiger partial charge is 0.350 e. The lowest BCUT2D eigenvalue weighted by Gasteiger charge is -2.18. The van der Waals surface area contributed by atoms with Crippen molar-refractivity contribution in [1.82, 2.24) is 10.3 Å². The first-order chi connectivity index (χ1) is 10.1. The molecule has 0 aromatic heterocycles. The molecule has 0 saturated carbocycles. The van der Waals surface area contributed by atoms with Crippen molar-refractivity contribution in [2.24, 2.45) is 5.10 Å². The number of nitrogens with zero attached hydrogens (tertiary/aromatic N) is 2. The quantitative estimate of drug-likeness (QED) is 0.666. The molecule has 21 heavy (non-hydrogen) atoms. The number of carbonyl (C=O) groups is 2. The molecule has 0 unspecified atom stereocenters. The Kier molecular flexibility index (Phi) is 5.38. The molecule has 0 fully saturated rings. The number of hydrogen-bond acceptors (Lipinski definition) is 4. The molecule has 1 aromatic carbocycles. The van der Waals surface area contributed by atoms with Gasteiger partial charge in [0.25, 0.3) is 5.91 Å². The molecule has 5 nitrogen and oxygen atoms in total. The van der Waals surface area contributed by atoms with E-state index in [2.05, 4.69) is 41.6 Å².